The number of hydrogen-bond acceptors (Lipinski definition) is 9. The van der Waals surface area contributed by atoms with Crippen LogP contribution >= 0.6 is 0 Å². The molecular formula is C35H33N5O5. The van der Waals surface area contributed by atoms with E-state index in [1.807, 2.05) is 84.9 Å². The van der Waals surface area contributed by atoms with Gasteiger partial charge in [-0.25, -0.2) is 4.98 Å². The maximum absolute atomic E-state index is 12.1. The van der Waals surface area contributed by atoms with Crippen LogP contribution in [0.2, 0.25) is 0 Å². The lowest BCUT2D eigenvalue weighted by Crippen LogP contribution is -2.27. The lowest BCUT2D eigenvalue weighted by molar-refractivity contribution is 0.0519. The summed E-state index contributed by atoms with van der Waals surface area (Å²) in [6, 6.07) is 30.6. The number of anilines is 1. The number of aromatic nitrogens is 3. The third-order valence-corrected chi connectivity index (χ3v) is 7.10. The fraction of sp³-hybridized carbons (Fsp3) is 0.200. The van der Waals surface area contributed by atoms with Gasteiger partial charge in [-0.15, -0.1) is 0 Å². The Balaban J connectivity index is 1.08. The van der Waals surface area contributed by atoms with Crippen molar-refractivity contribution in [2.24, 2.45) is 0 Å². The highest BCUT2D eigenvalue weighted by molar-refractivity contribution is 6.09. The Morgan fingerprint density at radius 2 is 1.42 bits per heavy atom. The Hall–Kier alpha value is -5.32. The monoisotopic (exact) mass is 603 g/mol. The van der Waals surface area contributed by atoms with Gasteiger partial charge in [0.2, 0.25) is 5.95 Å². The van der Waals surface area contributed by atoms with Crippen LogP contribution in [0.4, 0.5) is 5.95 Å². The highest BCUT2D eigenvalue weighted by atomic mass is 16.5. The molecular weight excluding hydrogens is 570 g/mol. The normalized spacial score (nSPS) is 11.1. The number of nitrogens with one attached hydrogen (secondary N) is 2. The highest BCUT2D eigenvalue weighted by Crippen LogP contribution is 2.35. The van der Waals surface area contributed by atoms with Crippen LogP contribution in [0.25, 0.3) is 44.7 Å². The average Bonchev–Trinajstić information content (AvgIpc) is 3.48. The van der Waals surface area contributed by atoms with Gasteiger partial charge in [0.15, 0.2) is 11.6 Å². The number of carbonyl (C=O) groups is 1. The van der Waals surface area contributed by atoms with E-state index in [1.54, 1.807) is 19.2 Å². The second-order valence-electron chi connectivity index (χ2n) is 10.1. The van der Waals surface area contributed by atoms with Crippen LogP contribution < -0.4 is 15.4 Å². The first-order valence-electron chi connectivity index (χ1n) is 14.7. The second-order valence-corrected chi connectivity index (χ2v) is 10.1. The molecule has 6 rings (SSSR count). The minimum absolute atomic E-state index is 0.118. The summed E-state index contributed by atoms with van der Waals surface area (Å²) < 4.78 is 22.9. The average molecular weight is 604 g/mol. The molecule has 0 aliphatic heterocycles. The van der Waals surface area contributed by atoms with Crippen LogP contribution in [0, 0.1) is 0 Å². The maximum atomic E-state index is 12.1. The molecule has 10 nitrogen and oxygen atoms in total. The molecule has 4 aromatic carbocycles. The molecule has 0 saturated heterocycles. The molecule has 228 valence electrons. The minimum atomic E-state index is -0.118. The second kappa shape index (κ2) is 14.4. The first kappa shape index (κ1) is 29.7. The molecule has 0 bridgehead atoms. The van der Waals surface area contributed by atoms with E-state index in [2.05, 4.69) is 10.6 Å². The number of methoxy groups -OCH3 is 1. The summed E-state index contributed by atoms with van der Waals surface area (Å²) in [5.74, 6) is 2.07. The zero-order valence-electron chi connectivity index (χ0n) is 24.9. The van der Waals surface area contributed by atoms with Crippen LogP contribution in [0.3, 0.4) is 0 Å². The minimum Gasteiger partial charge on any atom is -0.497 e. The maximum Gasteiger partial charge on any atom is 0.251 e. The highest BCUT2D eigenvalue weighted by Gasteiger charge is 2.17. The zero-order chi connectivity index (χ0) is 30.8. The number of rotatable bonds is 14. The van der Waals surface area contributed by atoms with Crippen molar-refractivity contribution in [1.82, 2.24) is 20.3 Å². The van der Waals surface area contributed by atoms with E-state index in [9.17, 15) is 4.79 Å². The topological polar surface area (TPSA) is 121 Å². The molecule has 0 aliphatic rings. The van der Waals surface area contributed by atoms with Crippen molar-refractivity contribution in [2.75, 3.05) is 51.9 Å². The lowest BCUT2D eigenvalue weighted by Gasteiger charge is -2.11. The SMILES string of the molecule is COc1ccc(-c2nc(NCCOCCOCCNC(=O)c3ccccc3)nc(-c3cccc4c3oc3ccccc34)n2)cc1. The molecule has 0 radical (unpaired) electrons. The largest absolute Gasteiger partial charge is 0.497 e. The van der Waals surface area contributed by atoms with Crippen molar-refractivity contribution in [2.45, 2.75) is 0 Å². The molecule has 0 fully saturated rings. The summed E-state index contributed by atoms with van der Waals surface area (Å²) >= 11 is 0. The molecule has 2 N–H and O–H groups in total. The number of carbonyl (C=O) groups excluding carboxylic acids is 1. The molecule has 2 aromatic heterocycles. The molecule has 0 atom stereocenters. The molecule has 0 spiro atoms. The van der Waals surface area contributed by atoms with E-state index in [0.717, 1.165) is 38.8 Å². The van der Waals surface area contributed by atoms with Crippen molar-refractivity contribution >= 4 is 33.8 Å². The summed E-state index contributed by atoms with van der Waals surface area (Å²) in [5.41, 5.74) is 3.76. The summed E-state index contributed by atoms with van der Waals surface area (Å²) in [5, 5.41) is 8.14. The number of furan rings is 1. The molecule has 0 saturated carbocycles. The summed E-state index contributed by atoms with van der Waals surface area (Å²) in [6.07, 6.45) is 0. The van der Waals surface area contributed by atoms with Gasteiger partial charge in [-0.1, -0.05) is 48.5 Å². The van der Waals surface area contributed by atoms with Gasteiger partial charge in [-0.3, -0.25) is 4.79 Å². The third kappa shape index (κ3) is 7.26. The number of ether oxygens (including phenoxy) is 3. The Morgan fingerprint density at radius 3 is 2.22 bits per heavy atom. The summed E-state index contributed by atoms with van der Waals surface area (Å²) in [7, 11) is 1.63. The van der Waals surface area contributed by atoms with Gasteiger partial charge >= 0.3 is 0 Å². The standard InChI is InChI=1S/C35H33N5O5/c1-42-26-16-14-24(15-17-26)32-38-33(29-12-7-11-28-27-10-5-6-13-30(27)45-31(28)29)40-35(39-32)37-19-21-44-23-22-43-20-18-36-34(41)25-8-3-2-4-9-25/h2-17H,18-23H2,1H3,(H,36,41)(H,37,38,39,40). The number of fused-ring (bicyclic) bond motifs is 3. The van der Waals surface area contributed by atoms with Crippen molar-refractivity contribution in [3.63, 3.8) is 0 Å². The van der Waals surface area contributed by atoms with Gasteiger partial charge in [0.05, 0.1) is 39.1 Å². The van der Waals surface area contributed by atoms with E-state index < -0.39 is 0 Å². The Labute approximate surface area is 260 Å². The number of nitrogens with zero attached hydrogens (tertiary/aromatic N) is 3. The molecule has 1 amide bonds. The number of amides is 1. The van der Waals surface area contributed by atoms with E-state index in [4.69, 9.17) is 33.6 Å². The molecule has 6 aromatic rings. The van der Waals surface area contributed by atoms with E-state index in [1.165, 1.54) is 0 Å². The van der Waals surface area contributed by atoms with Gasteiger partial charge in [0.25, 0.3) is 5.91 Å². The summed E-state index contributed by atoms with van der Waals surface area (Å²) in [6.45, 7) is 2.57. The van der Waals surface area contributed by atoms with Gasteiger partial charge in [0, 0.05) is 35.0 Å². The fourth-order valence-electron chi connectivity index (χ4n) is 4.85. The van der Waals surface area contributed by atoms with E-state index in [0.29, 0.717) is 62.7 Å². The van der Waals surface area contributed by atoms with Crippen molar-refractivity contribution in [3.05, 3.63) is 103 Å². The Bertz CT molecular complexity index is 1880. The Morgan fingerprint density at radius 1 is 0.711 bits per heavy atom. The number of para-hydroxylation sites is 2. The molecule has 0 aliphatic carbocycles. The van der Waals surface area contributed by atoms with Crippen molar-refractivity contribution in [1.29, 1.82) is 0 Å². The summed E-state index contributed by atoms with van der Waals surface area (Å²) in [4.78, 5) is 26.4. The van der Waals surface area contributed by atoms with Gasteiger partial charge in [0.1, 0.15) is 16.9 Å². The van der Waals surface area contributed by atoms with Crippen LogP contribution in [-0.2, 0) is 9.47 Å². The molecule has 2 heterocycles. The third-order valence-electron chi connectivity index (χ3n) is 7.10. The quantitative estimate of drug-likeness (QED) is 0.145. The van der Waals surface area contributed by atoms with Gasteiger partial charge in [-0.2, -0.15) is 9.97 Å². The predicted octanol–water partition coefficient (Wildman–Crippen LogP) is 5.99. The van der Waals surface area contributed by atoms with Crippen molar-refractivity contribution < 1.29 is 23.4 Å². The van der Waals surface area contributed by atoms with Crippen LogP contribution in [-0.4, -0.2) is 67.5 Å². The van der Waals surface area contributed by atoms with Gasteiger partial charge < -0.3 is 29.3 Å². The van der Waals surface area contributed by atoms with Crippen LogP contribution in [0.1, 0.15) is 10.4 Å². The fourth-order valence-corrected chi connectivity index (χ4v) is 4.85. The number of benzene rings is 4. The smallest absolute Gasteiger partial charge is 0.251 e. The van der Waals surface area contributed by atoms with Crippen molar-refractivity contribution in [3.8, 4) is 28.5 Å². The first-order valence-corrected chi connectivity index (χ1v) is 14.7. The number of hydrogen-bond donors (Lipinski definition) is 2. The van der Waals surface area contributed by atoms with E-state index in [-0.39, 0.29) is 5.91 Å². The zero-order valence-corrected chi connectivity index (χ0v) is 24.9. The Kier molecular flexibility index (Phi) is 9.54. The molecule has 10 heteroatoms. The molecule has 0 unspecified atom stereocenters. The van der Waals surface area contributed by atoms with E-state index >= 15 is 0 Å². The molecule has 45 heavy (non-hydrogen) atoms. The first-order chi connectivity index (χ1) is 22.2. The predicted molar refractivity (Wildman–Crippen MR) is 173 cm³/mol. The lowest BCUT2D eigenvalue weighted by atomic mass is 10.1. The van der Waals surface area contributed by atoms with Gasteiger partial charge in [-0.05, 0) is 48.5 Å². The van der Waals surface area contributed by atoms with Crippen LogP contribution in [0.15, 0.2) is 101 Å². The van der Waals surface area contributed by atoms with Crippen LogP contribution in [0.5, 0.6) is 5.75 Å².